The second kappa shape index (κ2) is 14.9. The summed E-state index contributed by atoms with van der Waals surface area (Å²) in [4.78, 5) is 40.6. The topological polar surface area (TPSA) is 75.7 Å². The molecule has 5 atom stereocenters. The van der Waals surface area contributed by atoms with Gasteiger partial charge in [0.2, 0.25) is 11.8 Å². The molecule has 1 N–H and O–H groups in total. The van der Waals surface area contributed by atoms with E-state index < -0.39 is 18.1 Å². The Hall–Kier alpha value is -2.11. The van der Waals surface area contributed by atoms with Crippen LogP contribution in [-0.2, 0) is 19.1 Å². The molecule has 0 aromatic carbocycles. The van der Waals surface area contributed by atoms with Crippen molar-refractivity contribution in [1.82, 2.24) is 10.2 Å². The molecule has 6 heteroatoms. The molecular weight excluding hydrogens is 416 g/mol. The number of nitrogens with one attached hydrogen (secondary N) is 1. The van der Waals surface area contributed by atoms with Gasteiger partial charge in [0.15, 0.2) is 0 Å². The Balaban J connectivity index is 2.87. The first-order valence-corrected chi connectivity index (χ1v) is 12.6. The Kier molecular flexibility index (Phi) is 13.1. The highest BCUT2D eigenvalue weighted by molar-refractivity contribution is 5.91. The average Bonchev–Trinajstić information content (AvgIpc) is 3.24. The molecule has 3 unspecified atom stereocenters. The van der Waals surface area contributed by atoms with Crippen LogP contribution in [0.15, 0.2) is 25.3 Å². The monoisotopic (exact) mass is 462 g/mol. The van der Waals surface area contributed by atoms with Gasteiger partial charge in [0.1, 0.15) is 12.1 Å². The third-order valence-corrected chi connectivity index (χ3v) is 6.87. The van der Waals surface area contributed by atoms with Crippen LogP contribution in [0.4, 0.5) is 0 Å². The number of hydrogen-bond donors (Lipinski definition) is 1. The van der Waals surface area contributed by atoms with Crippen LogP contribution >= 0.6 is 0 Å². The molecule has 1 heterocycles. The zero-order valence-electron chi connectivity index (χ0n) is 21.5. The maximum Gasteiger partial charge on any atom is 0.328 e. The molecule has 1 saturated heterocycles. The number of unbranched alkanes of at least 4 members (excludes halogenated alkanes) is 2. The number of carbonyl (C=O) groups is 3. The SMILES string of the molecule is C=CCCCC[C@H](NC(=O)[C@@H]1C(C(C)C)CCN1C(=O)CCC(C)CC(C)C=C)C(=O)OC. The van der Waals surface area contributed by atoms with Crippen molar-refractivity contribution in [2.75, 3.05) is 13.7 Å². The molecule has 33 heavy (non-hydrogen) atoms. The fourth-order valence-electron chi connectivity index (χ4n) is 4.78. The number of esters is 1. The third-order valence-electron chi connectivity index (χ3n) is 6.87. The van der Waals surface area contributed by atoms with Gasteiger partial charge in [0.25, 0.3) is 0 Å². The van der Waals surface area contributed by atoms with Crippen LogP contribution in [0.3, 0.4) is 0 Å². The van der Waals surface area contributed by atoms with Crippen molar-refractivity contribution < 1.29 is 19.1 Å². The predicted octanol–water partition coefficient (Wildman–Crippen LogP) is 4.89. The first kappa shape index (κ1) is 28.9. The minimum absolute atomic E-state index is 0.0250. The number of amides is 2. The molecule has 0 spiro atoms. The van der Waals surface area contributed by atoms with Crippen LogP contribution in [0.2, 0.25) is 0 Å². The molecule has 1 fully saturated rings. The van der Waals surface area contributed by atoms with E-state index in [0.29, 0.717) is 31.2 Å². The summed E-state index contributed by atoms with van der Waals surface area (Å²) in [5, 5.41) is 2.91. The minimum atomic E-state index is -0.696. The van der Waals surface area contributed by atoms with Crippen molar-refractivity contribution in [1.29, 1.82) is 0 Å². The van der Waals surface area contributed by atoms with E-state index in [1.807, 2.05) is 12.2 Å². The lowest BCUT2D eigenvalue weighted by atomic mass is 9.87. The van der Waals surface area contributed by atoms with E-state index in [1.165, 1.54) is 7.11 Å². The number of methoxy groups -OCH3 is 1. The summed E-state index contributed by atoms with van der Waals surface area (Å²) >= 11 is 0. The molecule has 0 bridgehead atoms. The number of allylic oxidation sites excluding steroid dienone is 2. The van der Waals surface area contributed by atoms with Crippen LogP contribution in [0.25, 0.3) is 0 Å². The zero-order valence-corrected chi connectivity index (χ0v) is 21.5. The molecule has 6 nitrogen and oxygen atoms in total. The summed E-state index contributed by atoms with van der Waals surface area (Å²) in [5.74, 6) is 0.513. The van der Waals surface area contributed by atoms with Crippen LogP contribution in [0.1, 0.15) is 79.1 Å². The number of hydrogen-bond acceptors (Lipinski definition) is 4. The van der Waals surface area contributed by atoms with E-state index in [4.69, 9.17) is 4.74 Å². The Morgan fingerprint density at radius 2 is 1.82 bits per heavy atom. The van der Waals surface area contributed by atoms with Gasteiger partial charge in [0.05, 0.1) is 7.11 Å². The van der Waals surface area contributed by atoms with Gasteiger partial charge in [-0.15, -0.1) is 13.2 Å². The number of rotatable bonds is 15. The first-order valence-electron chi connectivity index (χ1n) is 12.6. The fraction of sp³-hybridized carbons (Fsp3) is 0.741. The van der Waals surface area contributed by atoms with Crippen LogP contribution in [0.5, 0.6) is 0 Å². The second-order valence-corrected chi connectivity index (χ2v) is 9.98. The third kappa shape index (κ3) is 9.34. The predicted molar refractivity (Wildman–Crippen MR) is 133 cm³/mol. The number of likely N-dealkylation sites (tertiary alicyclic amines) is 1. The van der Waals surface area contributed by atoms with E-state index in [-0.39, 0.29) is 23.7 Å². The maximum atomic E-state index is 13.4. The van der Waals surface area contributed by atoms with Crippen molar-refractivity contribution >= 4 is 17.8 Å². The average molecular weight is 463 g/mol. The summed E-state index contributed by atoms with van der Waals surface area (Å²) < 4.78 is 4.93. The second-order valence-electron chi connectivity index (χ2n) is 9.98. The van der Waals surface area contributed by atoms with Crippen molar-refractivity contribution in [2.24, 2.45) is 23.7 Å². The largest absolute Gasteiger partial charge is 0.467 e. The van der Waals surface area contributed by atoms with Gasteiger partial charge >= 0.3 is 5.97 Å². The summed E-state index contributed by atoms with van der Waals surface area (Å²) in [6.07, 6.45) is 9.89. The lowest BCUT2D eigenvalue weighted by Gasteiger charge is -2.30. The zero-order chi connectivity index (χ0) is 25.0. The maximum absolute atomic E-state index is 13.4. The van der Waals surface area contributed by atoms with E-state index in [1.54, 1.807) is 4.90 Å². The Labute approximate surface area is 201 Å². The summed E-state index contributed by atoms with van der Waals surface area (Å²) in [6, 6.07) is -1.24. The molecule has 188 valence electrons. The Morgan fingerprint density at radius 3 is 2.39 bits per heavy atom. The number of ether oxygens (including phenoxy) is 1. The van der Waals surface area contributed by atoms with E-state index >= 15 is 0 Å². The van der Waals surface area contributed by atoms with Crippen LogP contribution in [0, 0.1) is 23.7 Å². The first-order chi connectivity index (χ1) is 15.7. The molecule has 1 aliphatic rings. The minimum Gasteiger partial charge on any atom is -0.467 e. The highest BCUT2D eigenvalue weighted by atomic mass is 16.5. The van der Waals surface area contributed by atoms with Gasteiger partial charge in [-0.1, -0.05) is 46.3 Å². The lowest BCUT2D eigenvalue weighted by Crippen LogP contribution is -2.53. The standard InChI is InChI=1S/C27H46N2O4/c1-8-10-11-12-13-23(27(32)33-7)28-26(31)25-22(19(3)4)16-17-29(25)24(30)15-14-21(6)18-20(5)9-2/h8-9,19-23,25H,1-2,10-18H2,3-7H3,(H,28,31)/t20?,21?,22?,23-,25-/m0/s1. The lowest BCUT2D eigenvalue weighted by molar-refractivity contribution is -0.147. The number of carbonyl (C=O) groups excluding carboxylic acids is 3. The molecular formula is C27H46N2O4. The number of nitrogens with zero attached hydrogens (tertiary/aromatic N) is 1. The summed E-state index contributed by atoms with van der Waals surface area (Å²) in [6.45, 7) is 16.6. The molecule has 0 saturated carbocycles. The highest BCUT2D eigenvalue weighted by Crippen LogP contribution is 2.32. The van der Waals surface area contributed by atoms with Crippen LogP contribution in [-0.4, -0.2) is 48.4 Å². The van der Waals surface area contributed by atoms with E-state index in [2.05, 4.69) is 46.2 Å². The van der Waals surface area contributed by atoms with Gasteiger partial charge < -0.3 is 15.0 Å². The van der Waals surface area contributed by atoms with Gasteiger partial charge in [-0.3, -0.25) is 9.59 Å². The summed E-state index contributed by atoms with van der Waals surface area (Å²) in [5.41, 5.74) is 0. The molecule has 2 amide bonds. The normalized spacial score (nSPS) is 20.7. The Bertz CT molecular complexity index is 661. The van der Waals surface area contributed by atoms with Gasteiger partial charge in [-0.05, 0) is 62.2 Å². The van der Waals surface area contributed by atoms with Gasteiger partial charge in [-0.25, -0.2) is 4.79 Å². The molecule has 1 rings (SSSR count). The Morgan fingerprint density at radius 1 is 1.12 bits per heavy atom. The molecule has 0 aromatic heterocycles. The van der Waals surface area contributed by atoms with Gasteiger partial charge in [0, 0.05) is 13.0 Å². The smallest absolute Gasteiger partial charge is 0.328 e. The quantitative estimate of drug-likeness (QED) is 0.214. The molecule has 0 radical (unpaired) electrons. The van der Waals surface area contributed by atoms with Gasteiger partial charge in [-0.2, -0.15) is 0 Å². The van der Waals surface area contributed by atoms with Crippen LogP contribution < -0.4 is 5.32 Å². The van der Waals surface area contributed by atoms with Crippen molar-refractivity contribution in [3.05, 3.63) is 25.3 Å². The van der Waals surface area contributed by atoms with Crippen molar-refractivity contribution in [2.45, 2.75) is 91.1 Å². The molecule has 0 aromatic rings. The highest BCUT2D eigenvalue weighted by Gasteiger charge is 2.43. The fourth-order valence-corrected chi connectivity index (χ4v) is 4.78. The van der Waals surface area contributed by atoms with E-state index in [0.717, 1.165) is 38.5 Å². The molecule has 1 aliphatic heterocycles. The molecule has 0 aliphatic carbocycles. The van der Waals surface area contributed by atoms with E-state index in [9.17, 15) is 14.4 Å². The van der Waals surface area contributed by atoms with Crippen molar-refractivity contribution in [3.8, 4) is 0 Å². The van der Waals surface area contributed by atoms with Crippen molar-refractivity contribution in [3.63, 3.8) is 0 Å². The summed E-state index contributed by atoms with van der Waals surface area (Å²) in [7, 11) is 1.34.